The van der Waals surface area contributed by atoms with Crippen LogP contribution < -0.4 is 10.6 Å². The Balaban J connectivity index is 2.17. The highest BCUT2D eigenvalue weighted by atomic mass is 19.1. The Morgan fingerprint density at radius 1 is 1.47 bits per heavy atom. The Bertz CT molecular complexity index is 442. The van der Waals surface area contributed by atoms with Gasteiger partial charge in [0.05, 0.1) is 5.92 Å². The van der Waals surface area contributed by atoms with Gasteiger partial charge >= 0.3 is 0 Å². The topological polar surface area (TPSA) is 41.1 Å². The fourth-order valence-corrected chi connectivity index (χ4v) is 1.87. The quantitative estimate of drug-likeness (QED) is 0.828. The molecule has 0 radical (unpaired) electrons. The van der Waals surface area contributed by atoms with Gasteiger partial charge in [-0.25, -0.2) is 8.78 Å². The molecule has 17 heavy (non-hydrogen) atoms. The Morgan fingerprint density at radius 3 is 2.88 bits per heavy atom. The first-order chi connectivity index (χ1) is 8.09. The van der Waals surface area contributed by atoms with E-state index < -0.39 is 11.6 Å². The maximum atomic E-state index is 13.6. The first-order valence-corrected chi connectivity index (χ1v) is 5.56. The predicted molar refractivity (Wildman–Crippen MR) is 60.7 cm³/mol. The second kappa shape index (κ2) is 4.79. The van der Waals surface area contributed by atoms with E-state index in [2.05, 4.69) is 10.6 Å². The van der Waals surface area contributed by atoms with E-state index in [0.29, 0.717) is 18.5 Å². The molecule has 3 nitrogen and oxygen atoms in total. The van der Waals surface area contributed by atoms with Crippen LogP contribution in [0.3, 0.4) is 0 Å². The summed E-state index contributed by atoms with van der Waals surface area (Å²) in [6.45, 7) is 2.85. The third-order valence-electron chi connectivity index (χ3n) is 2.96. The van der Waals surface area contributed by atoms with Gasteiger partial charge in [0.1, 0.15) is 11.5 Å². The van der Waals surface area contributed by atoms with E-state index in [1.807, 2.05) is 0 Å². The Labute approximate surface area is 98.2 Å². The zero-order valence-electron chi connectivity index (χ0n) is 9.52. The largest absolute Gasteiger partial charge is 0.321 e. The van der Waals surface area contributed by atoms with E-state index in [0.717, 1.165) is 12.6 Å². The van der Waals surface area contributed by atoms with Crippen LogP contribution in [0.2, 0.25) is 0 Å². The fraction of sp³-hybridized carbons (Fsp3) is 0.417. The minimum absolute atomic E-state index is 0.214. The van der Waals surface area contributed by atoms with Crippen LogP contribution in [0.25, 0.3) is 0 Å². The highest BCUT2D eigenvalue weighted by Gasteiger charge is 2.24. The monoisotopic (exact) mass is 240 g/mol. The lowest BCUT2D eigenvalue weighted by Crippen LogP contribution is -2.25. The van der Waals surface area contributed by atoms with E-state index in [1.54, 1.807) is 0 Å². The average molecular weight is 240 g/mol. The summed E-state index contributed by atoms with van der Waals surface area (Å²) in [7, 11) is 0. The van der Waals surface area contributed by atoms with E-state index in [-0.39, 0.29) is 17.5 Å². The van der Waals surface area contributed by atoms with Crippen LogP contribution in [0.5, 0.6) is 0 Å². The number of aryl methyl sites for hydroxylation is 1. The van der Waals surface area contributed by atoms with Crippen LogP contribution >= 0.6 is 0 Å². The molecule has 1 amide bonds. The fourth-order valence-electron chi connectivity index (χ4n) is 1.87. The third-order valence-corrected chi connectivity index (χ3v) is 2.96. The molecule has 1 aromatic carbocycles. The van der Waals surface area contributed by atoms with Gasteiger partial charge in [-0.3, -0.25) is 4.79 Å². The molecule has 1 aliphatic rings. The molecule has 2 N–H and O–H groups in total. The highest BCUT2D eigenvalue weighted by Crippen LogP contribution is 2.22. The number of hydrogen-bond acceptors (Lipinski definition) is 2. The summed E-state index contributed by atoms with van der Waals surface area (Å²) >= 11 is 0. The lowest BCUT2D eigenvalue weighted by atomic mass is 10.1. The molecule has 5 heteroatoms. The van der Waals surface area contributed by atoms with Crippen LogP contribution in [0.15, 0.2) is 12.1 Å². The Hall–Kier alpha value is -1.49. The van der Waals surface area contributed by atoms with Gasteiger partial charge in [-0.2, -0.15) is 0 Å². The summed E-state index contributed by atoms with van der Waals surface area (Å²) in [6.07, 6.45) is 0.695. The van der Waals surface area contributed by atoms with Crippen molar-refractivity contribution in [1.82, 2.24) is 5.32 Å². The van der Waals surface area contributed by atoms with Crippen LogP contribution in [0.4, 0.5) is 14.5 Å². The number of amides is 1. The van der Waals surface area contributed by atoms with Gasteiger partial charge in [0.15, 0.2) is 5.82 Å². The van der Waals surface area contributed by atoms with Gasteiger partial charge in [-0.05, 0) is 31.5 Å². The molecule has 0 aliphatic carbocycles. The molecule has 1 saturated heterocycles. The van der Waals surface area contributed by atoms with Gasteiger partial charge in [-0.15, -0.1) is 0 Å². The zero-order chi connectivity index (χ0) is 12.4. The standard InChI is InChI=1S/C12H14F2N2O/c1-7-2-3-9(13)11(10(7)14)16-12(17)8-4-5-15-6-8/h2-3,8,15H,4-6H2,1H3,(H,16,17). The minimum atomic E-state index is -0.743. The summed E-state index contributed by atoms with van der Waals surface area (Å²) in [5.74, 6) is -2.00. The number of carbonyl (C=O) groups is 1. The molecule has 0 saturated carbocycles. The smallest absolute Gasteiger partial charge is 0.228 e. The lowest BCUT2D eigenvalue weighted by molar-refractivity contribution is -0.119. The number of hydrogen-bond donors (Lipinski definition) is 2. The number of carbonyl (C=O) groups excluding carboxylic acids is 1. The number of anilines is 1. The van der Waals surface area contributed by atoms with Crippen molar-refractivity contribution in [2.45, 2.75) is 13.3 Å². The van der Waals surface area contributed by atoms with Crippen molar-refractivity contribution in [3.63, 3.8) is 0 Å². The van der Waals surface area contributed by atoms with Crippen LogP contribution in [0.1, 0.15) is 12.0 Å². The van der Waals surface area contributed by atoms with Crippen molar-refractivity contribution in [2.75, 3.05) is 18.4 Å². The van der Waals surface area contributed by atoms with Crippen LogP contribution in [0, 0.1) is 24.5 Å². The number of nitrogens with one attached hydrogen (secondary N) is 2. The summed E-state index contributed by atoms with van der Waals surface area (Å²) in [5, 5.41) is 5.36. The van der Waals surface area contributed by atoms with Crippen LogP contribution in [-0.4, -0.2) is 19.0 Å². The van der Waals surface area contributed by atoms with Gasteiger partial charge in [-0.1, -0.05) is 6.07 Å². The molecule has 0 bridgehead atoms. The lowest BCUT2D eigenvalue weighted by Gasteiger charge is -2.12. The van der Waals surface area contributed by atoms with E-state index in [1.165, 1.54) is 13.0 Å². The molecule has 0 spiro atoms. The maximum Gasteiger partial charge on any atom is 0.228 e. The van der Waals surface area contributed by atoms with Gasteiger partial charge < -0.3 is 10.6 Å². The predicted octanol–water partition coefficient (Wildman–Crippen LogP) is 1.82. The number of benzene rings is 1. The normalized spacial score (nSPS) is 19.4. The highest BCUT2D eigenvalue weighted by molar-refractivity contribution is 5.93. The Morgan fingerprint density at radius 2 is 2.24 bits per heavy atom. The summed E-state index contributed by atoms with van der Waals surface area (Å²) in [6, 6.07) is 2.50. The number of halogens is 2. The van der Waals surface area contributed by atoms with E-state index >= 15 is 0 Å². The molecule has 1 atom stereocenters. The molecule has 2 rings (SSSR count). The zero-order valence-corrected chi connectivity index (χ0v) is 9.52. The summed E-state index contributed by atoms with van der Waals surface area (Å²) < 4.78 is 27.0. The van der Waals surface area contributed by atoms with Crippen molar-refractivity contribution in [3.8, 4) is 0 Å². The molecule has 1 unspecified atom stereocenters. The molecular weight excluding hydrogens is 226 g/mol. The van der Waals surface area contributed by atoms with E-state index in [9.17, 15) is 13.6 Å². The average Bonchev–Trinajstić information content (AvgIpc) is 2.83. The molecule has 1 aliphatic heterocycles. The van der Waals surface area contributed by atoms with Gasteiger partial charge in [0.25, 0.3) is 0 Å². The molecule has 1 aromatic rings. The first kappa shape index (κ1) is 12.0. The van der Waals surface area contributed by atoms with Crippen LogP contribution in [-0.2, 0) is 4.79 Å². The van der Waals surface area contributed by atoms with Crippen molar-refractivity contribution < 1.29 is 13.6 Å². The second-order valence-electron chi connectivity index (χ2n) is 4.23. The maximum absolute atomic E-state index is 13.6. The molecule has 1 fully saturated rings. The molecular formula is C12H14F2N2O. The summed E-state index contributed by atoms with van der Waals surface area (Å²) in [4.78, 5) is 11.7. The van der Waals surface area contributed by atoms with Gasteiger partial charge in [0, 0.05) is 6.54 Å². The molecule has 0 aromatic heterocycles. The molecule has 1 heterocycles. The minimum Gasteiger partial charge on any atom is -0.321 e. The van der Waals surface area contributed by atoms with E-state index in [4.69, 9.17) is 0 Å². The van der Waals surface area contributed by atoms with Crippen molar-refractivity contribution >= 4 is 11.6 Å². The van der Waals surface area contributed by atoms with Crippen molar-refractivity contribution in [3.05, 3.63) is 29.3 Å². The third kappa shape index (κ3) is 2.44. The first-order valence-electron chi connectivity index (χ1n) is 5.56. The van der Waals surface area contributed by atoms with Crippen molar-refractivity contribution in [1.29, 1.82) is 0 Å². The summed E-state index contributed by atoms with van der Waals surface area (Å²) in [5.41, 5.74) is -0.0341. The number of rotatable bonds is 2. The SMILES string of the molecule is Cc1ccc(F)c(NC(=O)C2CCNC2)c1F. The van der Waals surface area contributed by atoms with Gasteiger partial charge in [0.2, 0.25) is 5.91 Å². The van der Waals surface area contributed by atoms with Crippen molar-refractivity contribution in [2.24, 2.45) is 5.92 Å². The second-order valence-corrected chi connectivity index (χ2v) is 4.23. The Kier molecular flexibility index (Phi) is 3.38. The molecule has 92 valence electrons.